The summed E-state index contributed by atoms with van der Waals surface area (Å²) in [5, 5.41) is 6.45. The van der Waals surface area contributed by atoms with Gasteiger partial charge in [-0.25, -0.2) is 4.68 Å². The third kappa shape index (κ3) is 3.30. The smallest absolute Gasteiger partial charge is 0.257 e. The molecule has 0 N–H and O–H groups in total. The molecule has 0 aliphatic carbocycles. The lowest BCUT2D eigenvalue weighted by molar-refractivity contribution is 0.0785. The fraction of sp³-hybridized carbons (Fsp3) is 0.222. The number of carbonyl (C=O) groups is 1. The average Bonchev–Trinajstić information content (AvgIpc) is 3.14. The summed E-state index contributed by atoms with van der Waals surface area (Å²) < 4.78 is 2.81. The lowest BCUT2D eigenvalue weighted by atomic mass is 10.2. The monoisotopic (exact) mass is 403 g/mol. The number of hydrogen-bond donors (Lipinski definition) is 0. The number of nitrogens with zero attached hydrogens (tertiary/aromatic N) is 3. The lowest BCUT2D eigenvalue weighted by Crippen LogP contribution is -2.26. The number of aromatic nitrogens is 2. The van der Waals surface area contributed by atoms with Crippen LogP contribution in [-0.4, -0.2) is 27.6 Å². The standard InChI is InChI=1S/C18H18BrN3OS/c1-12-8-9-24-17(12)11-21(3)18(23)16-10-20-22(13(16)2)15-6-4-14(19)5-7-15/h4-10H,11H2,1-3H3. The first kappa shape index (κ1) is 16.9. The highest BCUT2D eigenvalue weighted by Crippen LogP contribution is 2.21. The van der Waals surface area contributed by atoms with Gasteiger partial charge in [-0.2, -0.15) is 5.10 Å². The molecule has 4 nitrogen and oxygen atoms in total. The molecule has 2 aromatic heterocycles. The van der Waals surface area contributed by atoms with Gasteiger partial charge < -0.3 is 4.90 Å². The highest BCUT2D eigenvalue weighted by atomic mass is 79.9. The maximum atomic E-state index is 12.8. The Bertz CT molecular complexity index is 867. The molecule has 0 radical (unpaired) electrons. The van der Waals surface area contributed by atoms with Crippen LogP contribution in [0.25, 0.3) is 5.69 Å². The molecule has 24 heavy (non-hydrogen) atoms. The van der Waals surface area contributed by atoms with Crippen molar-refractivity contribution in [3.05, 3.63) is 68.1 Å². The Morgan fingerprint density at radius 3 is 2.58 bits per heavy atom. The summed E-state index contributed by atoms with van der Waals surface area (Å²) in [6, 6.07) is 9.94. The molecule has 0 saturated carbocycles. The van der Waals surface area contributed by atoms with Crippen molar-refractivity contribution >= 4 is 33.2 Å². The van der Waals surface area contributed by atoms with Gasteiger partial charge >= 0.3 is 0 Å². The molecule has 3 rings (SSSR count). The van der Waals surface area contributed by atoms with E-state index in [1.54, 1.807) is 27.1 Å². The maximum Gasteiger partial charge on any atom is 0.257 e. The number of hydrogen-bond acceptors (Lipinski definition) is 3. The van der Waals surface area contributed by atoms with Crippen LogP contribution in [0.5, 0.6) is 0 Å². The van der Waals surface area contributed by atoms with Crippen LogP contribution in [0.4, 0.5) is 0 Å². The van der Waals surface area contributed by atoms with E-state index in [4.69, 9.17) is 0 Å². The average molecular weight is 404 g/mol. The quantitative estimate of drug-likeness (QED) is 0.638. The zero-order chi connectivity index (χ0) is 17.3. The normalized spacial score (nSPS) is 10.8. The Balaban J connectivity index is 1.83. The molecule has 0 unspecified atom stereocenters. The number of halogens is 1. The van der Waals surface area contributed by atoms with Gasteiger partial charge in [0.05, 0.1) is 29.7 Å². The molecule has 0 saturated heterocycles. The van der Waals surface area contributed by atoms with Gasteiger partial charge in [0, 0.05) is 16.4 Å². The first-order valence-corrected chi connectivity index (χ1v) is 9.23. The topological polar surface area (TPSA) is 38.1 Å². The van der Waals surface area contributed by atoms with E-state index in [0.29, 0.717) is 12.1 Å². The minimum absolute atomic E-state index is 0.0105. The number of thiophene rings is 1. The van der Waals surface area contributed by atoms with Gasteiger partial charge in [-0.05, 0) is 55.1 Å². The van der Waals surface area contributed by atoms with Gasteiger partial charge in [0.15, 0.2) is 0 Å². The molecule has 1 amide bonds. The molecule has 0 spiro atoms. The van der Waals surface area contributed by atoms with E-state index in [1.807, 2.05) is 38.2 Å². The van der Waals surface area contributed by atoms with Gasteiger partial charge in [0.25, 0.3) is 5.91 Å². The van der Waals surface area contributed by atoms with Crippen LogP contribution in [0.3, 0.4) is 0 Å². The van der Waals surface area contributed by atoms with Gasteiger partial charge in [0.2, 0.25) is 0 Å². The van der Waals surface area contributed by atoms with Crippen molar-refractivity contribution < 1.29 is 4.79 Å². The summed E-state index contributed by atoms with van der Waals surface area (Å²) in [6.07, 6.45) is 1.65. The molecule has 1 aromatic carbocycles. The van der Waals surface area contributed by atoms with E-state index in [2.05, 4.69) is 39.4 Å². The predicted molar refractivity (Wildman–Crippen MR) is 101 cm³/mol. The summed E-state index contributed by atoms with van der Waals surface area (Å²) in [5.41, 5.74) is 3.64. The zero-order valence-corrected chi connectivity index (χ0v) is 16.2. The number of rotatable bonds is 4. The molecule has 2 heterocycles. The van der Waals surface area contributed by atoms with Crippen LogP contribution < -0.4 is 0 Å². The number of carbonyl (C=O) groups excluding carboxylic acids is 1. The molecule has 0 atom stereocenters. The van der Waals surface area contributed by atoms with Gasteiger partial charge in [0.1, 0.15) is 0 Å². The second kappa shape index (κ2) is 6.91. The maximum absolute atomic E-state index is 12.8. The lowest BCUT2D eigenvalue weighted by Gasteiger charge is -2.16. The van der Waals surface area contributed by atoms with Crippen molar-refractivity contribution in [3.8, 4) is 5.69 Å². The van der Waals surface area contributed by atoms with E-state index < -0.39 is 0 Å². The molecular weight excluding hydrogens is 386 g/mol. The minimum Gasteiger partial charge on any atom is -0.336 e. The molecule has 6 heteroatoms. The summed E-state index contributed by atoms with van der Waals surface area (Å²) in [5.74, 6) is -0.0105. The fourth-order valence-electron chi connectivity index (χ4n) is 2.52. The highest BCUT2D eigenvalue weighted by Gasteiger charge is 2.19. The molecule has 0 aliphatic rings. The SMILES string of the molecule is Cc1ccsc1CN(C)C(=O)c1cnn(-c2ccc(Br)cc2)c1C. The second-order valence-electron chi connectivity index (χ2n) is 5.72. The van der Waals surface area contributed by atoms with E-state index >= 15 is 0 Å². The Morgan fingerprint density at radius 1 is 1.25 bits per heavy atom. The Kier molecular flexibility index (Phi) is 4.87. The van der Waals surface area contributed by atoms with Gasteiger partial charge in [-0.3, -0.25) is 4.79 Å². The van der Waals surface area contributed by atoms with Gasteiger partial charge in [-0.15, -0.1) is 11.3 Å². The van der Waals surface area contributed by atoms with Crippen molar-refractivity contribution in [1.29, 1.82) is 0 Å². The third-order valence-corrected chi connectivity index (χ3v) is 5.54. The largest absolute Gasteiger partial charge is 0.336 e. The predicted octanol–water partition coefficient (Wildman–Crippen LogP) is 4.59. The van der Waals surface area contributed by atoms with Crippen LogP contribution in [0.1, 0.15) is 26.5 Å². The second-order valence-corrected chi connectivity index (χ2v) is 7.64. The number of benzene rings is 1. The highest BCUT2D eigenvalue weighted by molar-refractivity contribution is 9.10. The van der Waals surface area contributed by atoms with Crippen LogP contribution in [0.2, 0.25) is 0 Å². The van der Waals surface area contributed by atoms with Crippen LogP contribution in [-0.2, 0) is 6.54 Å². The first-order valence-electron chi connectivity index (χ1n) is 7.56. The number of aryl methyl sites for hydroxylation is 1. The molecule has 0 fully saturated rings. The van der Waals surface area contributed by atoms with E-state index in [1.165, 1.54) is 10.4 Å². The number of amides is 1. The van der Waals surface area contributed by atoms with E-state index in [0.717, 1.165) is 15.9 Å². The minimum atomic E-state index is -0.0105. The first-order chi connectivity index (χ1) is 11.5. The third-order valence-electron chi connectivity index (χ3n) is 4.01. The molecule has 124 valence electrons. The Morgan fingerprint density at radius 2 is 1.96 bits per heavy atom. The molecule has 3 aromatic rings. The fourth-order valence-corrected chi connectivity index (χ4v) is 3.74. The van der Waals surface area contributed by atoms with Crippen LogP contribution in [0, 0.1) is 13.8 Å². The van der Waals surface area contributed by atoms with Crippen LogP contribution >= 0.6 is 27.3 Å². The zero-order valence-electron chi connectivity index (χ0n) is 13.8. The molecule has 0 bridgehead atoms. The Labute approximate surface area is 153 Å². The summed E-state index contributed by atoms with van der Waals surface area (Å²) in [4.78, 5) is 15.7. The van der Waals surface area contributed by atoms with Crippen molar-refractivity contribution in [2.45, 2.75) is 20.4 Å². The van der Waals surface area contributed by atoms with Crippen molar-refractivity contribution in [1.82, 2.24) is 14.7 Å². The van der Waals surface area contributed by atoms with Gasteiger partial charge in [-0.1, -0.05) is 15.9 Å². The molecule has 0 aliphatic heterocycles. The van der Waals surface area contributed by atoms with Crippen molar-refractivity contribution in [2.24, 2.45) is 0 Å². The van der Waals surface area contributed by atoms with E-state index in [9.17, 15) is 4.79 Å². The van der Waals surface area contributed by atoms with Crippen molar-refractivity contribution in [3.63, 3.8) is 0 Å². The molecular formula is C18H18BrN3OS. The summed E-state index contributed by atoms with van der Waals surface area (Å²) in [6.45, 7) is 4.61. The summed E-state index contributed by atoms with van der Waals surface area (Å²) in [7, 11) is 1.83. The van der Waals surface area contributed by atoms with Crippen molar-refractivity contribution in [2.75, 3.05) is 7.05 Å². The van der Waals surface area contributed by atoms with Crippen LogP contribution in [0.15, 0.2) is 46.4 Å². The summed E-state index contributed by atoms with van der Waals surface area (Å²) >= 11 is 5.11. The Hall–Kier alpha value is -1.92. The van der Waals surface area contributed by atoms with E-state index in [-0.39, 0.29) is 5.91 Å².